The number of para-hydroxylation sites is 5. The Morgan fingerprint density at radius 3 is 1.21 bits per heavy atom. The van der Waals surface area contributed by atoms with Crippen molar-refractivity contribution >= 4 is 96.9 Å². The molecule has 0 N–H and O–H groups in total. The number of benzene rings is 14. The zero-order valence-corrected chi connectivity index (χ0v) is 51.7. The molecule has 0 unspecified atom stereocenters. The molecule has 0 bridgehead atoms. The van der Waals surface area contributed by atoms with Crippen LogP contribution in [0.5, 0.6) is 0 Å². The molecule has 0 fully saturated rings. The summed E-state index contributed by atoms with van der Waals surface area (Å²) in [5.74, 6) is 0.693. The maximum Gasteiger partial charge on any atom is 0.160 e. The Morgan fingerprint density at radius 1 is 0.213 bits per heavy atom. The number of hydrogen-bond acceptors (Lipinski definition) is 3. The second-order valence-electron chi connectivity index (χ2n) is 24.5. The van der Waals surface area contributed by atoms with E-state index >= 15 is 0 Å². The first-order valence-corrected chi connectivity index (χ1v) is 32.8. The van der Waals surface area contributed by atoms with Gasteiger partial charge in [-0.1, -0.05) is 194 Å². The molecule has 5 nitrogen and oxygen atoms in total. The third-order valence-corrected chi connectivity index (χ3v) is 20.2. The van der Waals surface area contributed by atoms with Crippen LogP contribution in [-0.2, 0) is 0 Å². The maximum absolute atomic E-state index is 5.35. The lowest BCUT2D eigenvalue weighted by Gasteiger charge is -2.13. The summed E-state index contributed by atoms with van der Waals surface area (Å²) in [6.45, 7) is 0. The summed E-state index contributed by atoms with van der Waals surface area (Å²) >= 11 is 1.83. The number of hydrogen-bond donors (Lipinski definition) is 0. The average Bonchev–Trinajstić information content (AvgIpc) is 1.57. The lowest BCUT2D eigenvalue weighted by Crippen LogP contribution is -1.96. The lowest BCUT2D eigenvalue weighted by atomic mass is 9.93. The maximum atomic E-state index is 5.35. The van der Waals surface area contributed by atoms with Crippen LogP contribution in [0, 0.1) is 0 Å². The lowest BCUT2D eigenvalue weighted by molar-refractivity contribution is 1.18. The largest absolute Gasteiger partial charge is 0.309 e. The van der Waals surface area contributed by atoms with Crippen molar-refractivity contribution in [3.63, 3.8) is 0 Å². The average molecular weight is 1210 g/mol. The van der Waals surface area contributed by atoms with Gasteiger partial charge in [0.15, 0.2) is 5.82 Å². The van der Waals surface area contributed by atoms with Gasteiger partial charge in [-0.2, -0.15) is 0 Å². The topological polar surface area (TPSA) is 40.6 Å². The van der Waals surface area contributed by atoms with Crippen molar-refractivity contribution in [2.75, 3.05) is 0 Å². The Hall–Kier alpha value is -12.2. The van der Waals surface area contributed by atoms with Crippen molar-refractivity contribution in [1.82, 2.24) is 23.7 Å². The molecule has 14 aromatic carbocycles. The molecular formula is C88H55N5S. The predicted octanol–water partition coefficient (Wildman–Crippen LogP) is 23.8. The number of rotatable bonds is 10. The monoisotopic (exact) mass is 1210 g/mol. The van der Waals surface area contributed by atoms with Gasteiger partial charge in [-0.3, -0.25) is 0 Å². The van der Waals surface area contributed by atoms with Crippen LogP contribution in [-0.4, -0.2) is 23.7 Å². The van der Waals surface area contributed by atoms with Crippen LogP contribution in [0.15, 0.2) is 334 Å². The smallest absolute Gasteiger partial charge is 0.160 e. The first-order valence-electron chi connectivity index (χ1n) is 32.0. The third kappa shape index (κ3) is 8.83. The molecule has 0 aliphatic carbocycles. The molecule has 94 heavy (non-hydrogen) atoms. The van der Waals surface area contributed by atoms with Gasteiger partial charge in [0.05, 0.1) is 44.5 Å². The van der Waals surface area contributed by atoms with E-state index in [4.69, 9.17) is 9.97 Å². The van der Waals surface area contributed by atoms with Crippen LogP contribution in [0.1, 0.15) is 0 Å². The fourth-order valence-electron chi connectivity index (χ4n) is 14.6. The molecule has 0 radical (unpaired) electrons. The van der Waals surface area contributed by atoms with E-state index in [9.17, 15) is 0 Å². The van der Waals surface area contributed by atoms with Gasteiger partial charge in [-0.05, 0) is 184 Å². The molecule has 19 rings (SSSR count). The van der Waals surface area contributed by atoms with E-state index in [0.717, 1.165) is 89.5 Å². The third-order valence-electron chi connectivity index (χ3n) is 19.0. The van der Waals surface area contributed by atoms with E-state index in [1.807, 2.05) is 11.3 Å². The second kappa shape index (κ2) is 21.7. The summed E-state index contributed by atoms with van der Waals surface area (Å²) in [6.07, 6.45) is 0. The molecule has 0 spiro atoms. The number of thiophene rings is 1. The fraction of sp³-hybridized carbons (Fsp3) is 0. The van der Waals surface area contributed by atoms with Gasteiger partial charge in [0.25, 0.3) is 0 Å². The Kier molecular flexibility index (Phi) is 12.4. The molecule has 438 valence electrons. The Labute approximate surface area is 546 Å². The normalized spacial score (nSPS) is 11.8. The minimum Gasteiger partial charge on any atom is -0.309 e. The molecule has 0 amide bonds. The molecule has 5 heterocycles. The van der Waals surface area contributed by atoms with E-state index in [2.05, 4.69) is 347 Å². The van der Waals surface area contributed by atoms with Gasteiger partial charge < -0.3 is 13.7 Å². The van der Waals surface area contributed by atoms with E-state index < -0.39 is 0 Å². The van der Waals surface area contributed by atoms with Gasteiger partial charge in [0.2, 0.25) is 0 Å². The molecule has 0 aliphatic rings. The summed E-state index contributed by atoms with van der Waals surface area (Å²) in [7, 11) is 0. The zero-order chi connectivity index (χ0) is 61.8. The van der Waals surface area contributed by atoms with E-state index in [1.54, 1.807) is 0 Å². The highest BCUT2D eigenvalue weighted by molar-refractivity contribution is 7.25. The summed E-state index contributed by atoms with van der Waals surface area (Å²) in [5.41, 5.74) is 24.5. The number of nitrogens with zero attached hydrogens (tertiary/aromatic N) is 5. The zero-order valence-electron chi connectivity index (χ0n) is 50.9. The van der Waals surface area contributed by atoms with Crippen molar-refractivity contribution in [3.8, 4) is 95.5 Å². The summed E-state index contributed by atoms with van der Waals surface area (Å²) in [6, 6.07) is 122. The van der Waals surface area contributed by atoms with Crippen molar-refractivity contribution in [1.29, 1.82) is 0 Å². The van der Waals surface area contributed by atoms with Crippen LogP contribution in [0.3, 0.4) is 0 Å². The Balaban J connectivity index is 0.773. The van der Waals surface area contributed by atoms with Gasteiger partial charge in [0.1, 0.15) is 0 Å². The van der Waals surface area contributed by atoms with E-state index in [0.29, 0.717) is 5.82 Å². The molecule has 6 heteroatoms. The van der Waals surface area contributed by atoms with E-state index in [-0.39, 0.29) is 0 Å². The van der Waals surface area contributed by atoms with E-state index in [1.165, 1.54) is 85.7 Å². The summed E-state index contributed by atoms with van der Waals surface area (Å²) < 4.78 is 9.75. The van der Waals surface area contributed by atoms with Crippen molar-refractivity contribution in [2.45, 2.75) is 0 Å². The predicted molar refractivity (Wildman–Crippen MR) is 396 cm³/mol. The highest BCUT2D eigenvalue weighted by atomic mass is 32.1. The molecule has 0 atom stereocenters. The molecule has 0 saturated carbocycles. The highest BCUT2D eigenvalue weighted by Crippen LogP contribution is 2.46. The first kappa shape index (κ1) is 53.6. The molecule has 0 saturated heterocycles. The SMILES string of the molecule is c1ccc(-c2cccc(-c3cc(-c4ccccc4)nc(-c4ccc5sc6ccc(-c7ccc8c(c7)c7cc(-c9cc(-c%10ccc%11c(c%10)c%10ccccc%10n%11-c%10ccccc%10)c%10c%11ccccc%11n(-c%11ccccc%11)c%10c9)ccc7n8-c7ccccc7)cc6c5c4)n3)c2)cc1. The van der Waals surface area contributed by atoms with Gasteiger partial charge in [-0.15, -0.1) is 11.3 Å². The minimum absolute atomic E-state index is 0.693. The van der Waals surface area contributed by atoms with Crippen LogP contribution in [0.25, 0.3) is 181 Å². The quantitative estimate of drug-likeness (QED) is 0.137. The fourth-order valence-corrected chi connectivity index (χ4v) is 15.7. The Bertz CT molecular complexity index is 6200. The van der Waals surface area contributed by atoms with Gasteiger partial charge >= 0.3 is 0 Å². The summed E-state index contributed by atoms with van der Waals surface area (Å²) in [4.78, 5) is 10.6. The second-order valence-corrected chi connectivity index (χ2v) is 25.5. The highest BCUT2D eigenvalue weighted by Gasteiger charge is 2.23. The minimum atomic E-state index is 0.693. The molecular weight excluding hydrogens is 1160 g/mol. The Morgan fingerprint density at radius 2 is 0.606 bits per heavy atom. The molecule has 0 aliphatic heterocycles. The van der Waals surface area contributed by atoms with Crippen molar-refractivity contribution < 1.29 is 0 Å². The molecule has 19 aromatic rings. The van der Waals surface area contributed by atoms with Gasteiger partial charge in [0, 0.05) is 86.2 Å². The van der Waals surface area contributed by atoms with Crippen molar-refractivity contribution in [2.24, 2.45) is 0 Å². The van der Waals surface area contributed by atoms with Crippen LogP contribution >= 0.6 is 11.3 Å². The van der Waals surface area contributed by atoms with Crippen molar-refractivity contribution in [3.05, 3.63) is 334 Å². The first-order chi connectivity index (χ1) is 46.6. The van der Waals surface area contributed by atoms with Gasteiger partial charge in [-0.25, -0.2) is 9.97 Å². The summed E-state index contributed by atoms with van der Waals surface area (Å²) in [5, 5.41) is 9.68. The standard InChI is InChI=1S/C88H55N5S/c1-6-21-56(22-7-1)58-25-20-26-63(47-58)78-55-77(57-23-8-2-9-24-57)89-88(90-78)64-41-46-86-76(52-64)75-50-60(40-45-85(75)94-86)59-37-42-82-73(48-59)74-49-61(38-43-83(74)92(82)67-29-12-4-13-30-67)65-53-71(87-70-34-17-19-36-80(70)93(84(87)54-65)68-31-14-5-15-32-68)62-39-44-81-72(51-62)69-33-16-18-35-79(69)91(81)66-27-10-3-11-28-66/h1-55H. The molecule has 5 aromatic heterocycles. The van der Waals surface area contributed by atoms with Crippen LogP contribution < -0.4 is 0 Å². The van der Waals surface area contributed by atoms with Crippen LogP contribution in [0.2, 0.25) is 0 Å². The number of aromatic nitrogens is 5. The van der Waals surface area contributed by atoms with Crippen LogP contribution in [0.4, 0.5) is 0 Å². The number of fused-ring (bicyclic) bond motifs is 12.